The van der Waals surface area contributed by atoms with Crippen LogP contribution < -0.4 is 5.32 Å². The maximum atomic E-state index is 3.75. The van der Waals surface area contributed by atoms with Crippen LogP contribution in [-0.2, 0) is 12.8 Å². The highest BCUT2D eigenvalue weighted by atomic mass is 79.9. The largest absolute Gasteiger partial charge is 0.314 e. The molecule has 0 spiro atoms. The number of benzene rings is 1. The number of unbranched alkanes of at least 4 members (excludes halogenated alkanes) is 3. The SMILES string of the molecule is CSCCCCCCNC1CCc2cc(Br)ccc2C1. The van der Waals surface area contributed by atoms with E-state index in [0.29, 0.717) is 6.04 Å². The fourth-order valence-corrected chi connectivity index (χ4v) is 3.83. The van der Waals surface area contributed by atoms with Gasteiger partial charge >= 0.3 is 0 Å². The van der Waals surface area contributed by atoms with Gasteiger partial charge in [0.25, 0.3) is 0 Å². The maximum Gasteiger partial charge on any atom is 0.0178 e. The lowest BCUT2D eigenvalue weighted by Gasteiger charge is -2.25. The second-order valence-electron chi connectivity index (χ2n) is 5.71. The molecule has 1 aromatic rings. The smallest absolute Gasteiger partial charge is 0.0178 e. The highest BCUT2D eigenvalue weighted by Gasteiger charge is 2.17. The van der Waals surface area contributed by atoms with E-state index in [-0.39, 0.29) is 0 Å². The van der Waals surface area contributed by atoms with Crippen LogP contribution in [0.2, 0.25) is 0 Å². The van der Waals surface area contributed by atoms with Gasteiger partial charge in [-0.25, -0.2) is 0 Å². The monoisotopic (exact) mass is 355 g/mol. The van der Waals surface area contributed by atoms with E-state index in [2.05, 4.69) is 45.7 Å². The van der Waals surface area contributed by atoms with E-state index in [9.17, 15) is 0 Å². The van der Waals surface area contributed by atoms with E-state index >= 15 is 0 Å². The summed E-state index contributed by atoms with van der Waals surface area (Å²) >= 11 is 5.53. The van der Waals surface area contributed by atoms with Crippen molar-refractivity contribution in [2.24, 2.45) is 0 Å². The molecule has 1 aromatic carbocycles. The summed E-state index contributed by atoms with van der Waals surface area (Å²) in [6, 6.07) is 7.44. The van der Waals surface area contributed by atoms with Crippen molar-refractivity contribution in [3.8, 4) is 0 Å². The summed E-state index contributed by atoms with van der Waals surface area (Å²) in [5.41, 5.74) is 3.08. The zero-order chi connectivity index (χ0) is 14.2. The molecule has 20 heavy (non-hydrogen) atoms. The van der Waals surface area contributed by atoms with Crippen LogP contribution >= 0.6 is 27.7 Å². The van der Waals surface area contributed by atoms with Crippen molar-refractivity contribution in [2.45, 2.75) is 51.0 Å². The minimum absolute atomic E-state index is 0.690. The normalized spacial score (nSPS) is 18.0. The molecule has 2 rings (SSSR count). The predicted octanol–water partition coefficient (Wildman–Crippen LogP) is 4.82. The Kier molecular flexibility index (Phi) is 7.47. The molecular weight excluding hydrogens is 330 g/mol. The lowest BCUT2D eigenvalue weighted by Crippen LogP contribution is -2.35. The molecule has 1 nitrogen and oxygen atoms in total. The van der Waals surface area contributed by atoms with E-state index in [1.54, 1.807) is 0 Å². The lowest BCUT2D eigenvalue weighted by atomic mass is 9.88. The lowest BCUT2D eigenvalue weighted by molar-refractivity contribution is 0.448. The quantitative estimate of drug-likeness (QED) is 0.670. The molecule has 0 aromatic heterocycles. The number of halogens is 1. The second-order valence-corrected chi connectivity index (χ2v) is 7.62. The van der Waals surface area contributed by atoms with Crippen LogP contribution in [0.5, 0.6) is 0 Å². The van der Waals surface area contributed by atoms with Crippen molar-refractivity contribution in [3.63, 3.8) is 0 Å². The molecular formula is C17H26BrNS. The van der Waals surface area contributed by atoms with Gasteiger partial charge in [-0.3, -0.25) is 0 Å². The summed E-state index contributed by atoms with van der Waals surface area (Å²) < 4.78 is 1.22. The first-order valence-corrected chi connectivity index (χ1v) is 9.98. The van der Waals surface area contributed by atoms with Crippen LogP contribution in [0, 0.1) is 0 Å². The zero-order valence-electron chi connectivity index (χ0n) is 12.5. The van der Waals surface area contributed by atoms with Gasteiger partial charge in [0, 0.05) is 10.5 Å². The molecule has 0 radical (unpaired) electrons. The molecule has 0 saturated carbocycles. The first-order valence-electron chi connectivity index (χ1n) is 7.79. The van der Waals surface area contributed by atoms with Gasteiger partial charge in [0.1, 0.15) is 0 Å². The summed E-state index contributed by atoms with van der Waals surface area (Å²) in [4.78, 5) is 0. The average molecular weight is 356 g/mol. The van der Waals surface area contributed by atoms with Gasteiger partial charge in [0.05, 0.1) is 0 Å². The fourth-order valence-electron chi connectivity index (χ4n) is 2.93. The van der Waals surface area contributed by atoms with Gasteiger partial charge in [-0.1, -0.05) is 34.8 Å². The molecule has 1 aliphatic rings. The van der Waals surface area contributed by atoms with Crippen LogP contribution in [0.3, 0.4) is 0 Å². The van der Waals surface area contributed by atoms with Crippen LogP contribution in [0.25, 0.3) is 0 Å². The van der Waals surface area contributed by atoms with Crippen LogP contribution in [-0.4, -0.2) is 24.6 Å². The summed E-state index contributed by atoms with van der Waals surface area (Å²) in [5, 5.41) is 3.75. The van der Waals surface area contributed by atoms with Gasteiger partial charge < -0.3 is 5.32 Å². The molecule has 1 N–H and O–H groups in total. The Morgan fingerprint density at radius 1 is 1.20 bits per heavy atom. The number of rotatable bonds is 8. The molecule has 0 saturated heterocycles. The summed E-state index contributed by atoms with van der Waals surface area (Å²) in [6.45, 7) is 1.19. The van der Waals surface area contributed by atoms with E-state index in [0.717, 1.165) is 0 Å². The summed E-state index contributed by atoms with van der Waals surface area (Å²) in [6.07, 6.45) is 11.4. The Morgan fingerprint density at radius 3 is 2.90 bits per heavy atom. The fraction of sp³-hybridized carbons (Fsp3) is 0.647. The van der Waals surface area contributed by atoms with E-state index in [4.69, 9.17) is 0 Å². The molecule has 0 aliphatic heterocycles. The third-order valence-electron chi connectivity index (χ3n) is 4.11. The highest BCUT2D eigenvalue weighted by Crippen LogP contribution is 2.24. The van der Waals surface area contributed by atoms with Gasteiger partial charge in [-0.2, -0.15) is 11.8 Å². The van der Waals surface area contributed by atoms with Crippen molar-refractivity contribution >= 4 is 27.7 Å². The Labute approximate surface area is 136 Å². The summed E-state index contributed by atoms with van der Waals surface area (Å²) in [7, 11) is 0. The standard InChI is InChI=1S/C17H26BrNS/c1-20-11-5-3-2-4-10-19-17-9-7-14-12-16(18)8-6-15(14)13-17/h6,8,12,17,19H,2-5,7,9-11,13H2,1H3. The average Bonchev–Trinajstić information content (AvgIpc) is 2.46. The van der Waals surface area contributed by atoms with Crippen LogP contribution in [0.4, 0.5) is 0 Å². The maximum absolute atomic E-state index is 3.75. The number of hydrogen-bond acceptors (Lipinski definition) is 2. The Hall–Kier alpha value is 0.01000. The second kappa shape index (κ2) is 9.11. The molecule has 1 aliphatic carbocycles. The molecule has 3 heteroatoms. The number of fused-ring (bicyclic) bond motifs is 1. The third kappa shape index (κ3) is 5.42. The molecule has 1 unspecified atom stereocenters. The number of hydrogen-bond donors (Lipinski definition) is 1. The van der Waals surface area contributed by atoms with Gasteiger partial charge in [0.15, 0.2) is 0 Å². The van der Waals surface area contributed by atoms with E-state index < -0.39 is 0 Å². The van der Waals surface area contributed by atoms with Gasteiger partial charge in [0.2, 0.25) is 0 Å². The predicted molar refractivity (Wildman–Crippen MR) is 94.8 cm³/mol. The van der Waals surface area contributed by atoms with Crippen molar-refractivity contribution in [1.82, 2.24) is 5.32 Å². The Morgan fingerprint density at radius 2 is 2.05 bits per heavy atom. The van der Waals surface area contributed by atoms with Crippen molar-refractivity contribution in [2.75, 3.05) is 18.6 Å². The minimum Gasteiger partial charge on any atom is -0.314 e. The number of thioether (sulfide) groups is 1. The molecule has 0 bridgehead atoms. The molecule has 1 atom stereocenters. The number of nitrogens with one attached hydrogen (secondary N) is 1. The molecule has 112 valence electrons. The summed E-state index contributed by atoms with van der Waals surface area (Å²) in [5.74, 6) is 1.32. The van der Waals surface area contributed by atoms with Crippen LogP contribution in [0.1, 0.15) is 43.2 Å². The molecule has 0 amide bonds. The van der Waals surface area contributed by atoms with E-state index in [1.165, 1.54) is 72.8 Å². The molecule has 0 fully saturated rings. The third-order valence-corrected chi connectivity index (χ3v) is 5.30. The number of aryl methyl sites for hydroxylation is 1. The Balaban J connectivity index is 1.63. The van der Waals surface area contributed by atoms with Crippen molar-refractivity contribution < 1.29 is 0 Å². The Bertz CT molecular complexity index is 408. The zero-order valence-corrected chi connectivity index (χ0v) is 14.9. The van der Waals surface area contributed by atoms with Gasteiger partial charge in [-0.15, -0.1) is 0 Å². The minimum atomic E-state index is 0.690. The van der Waals surface area contributed by atoms with Crippen molar-refractivity contribution in [3.05, 3.63) is 33.8 Å². The van der Waals surface area contributed by atoms with Crippen LogP contribution in [0.15, 0.2) is 22.7 Å². The van der Waals surface area contributed by atoms with Crippen molar-refractivity contribution in [1.29, 1.82) is 0 Å². The van der Waals surface area contributed by atoms with Gasteiger partial charge in [-0.05, 0) is 73.9 Å². The first-order chi connectivity index (χ1) is 9.79. The first kappa shape index (κ1) is 16.4. The topological polar surface area (TPSA) is 12.0 Å². The highest BCUT2D eigenvalue weighted by molar-refractivity contribution is 9.10. The van der Waals surface area contributed by atoms with E-state index in [1.807, 2.05) is 11.8 Å². The molecule has 0 heterocycles.